The monoisotopic (exact) mass is 369 g/mol. The molecule has 1 N–H and O–H groups in total. The lowest BCUT2D eigenvalue weighted by Crippen LogP contribution is -2.59. The largest absolute Gasteiger partial charge is 0.382 e. The van der Waals surface area contributed by atoms with Crippen molar-refractivity contribution in [2.45, 2.75) is 25.3 Å². The molecule has 1 saturated heterocycles. The van der Waals surface area contributed by atoms with Crippen LogP contribution in [0, 0.1) is 6.92 Å². The molecule has 1 aromatic heterocycles. The minimum absolute atomic E-state index is 0.179. The van der Waals surface area contributed by atoms with Crippen molar-refractivity contribution in [2.75, 3.05) is 27.3 Å². The third-order valence-corrected chi connectivity index (χ3v) is 4.95. The van der Waals surface area contributed by atoms with Crippen molar-refractivity contribution in [3.63, 3.8) is 0 Å². The molecule has 7 heteroatoms. The molecule has 2 rings (SSSR count). The fraction of sp³-hybridized carbons (Fsp3) is 0.533. The predicted octanol–water partition coefficient (Wildman–Crippen LogP) is 1.52. The van der Waals surface area contributed by atoms with E-state index in [1.165, 1.54) is 7.11 Å². The van der Waals surface area contributed by atoms with E-state index in [-0.39, 0.29) is 18.4 Å². The molecule has 1 fully saturated rings. The first-order chi connectivity index (χ1) is 10.5. The Morgan fingerprint density at radius 3 is 2.86 bits per heavy atom. The number of halogens is 1. The van der Waals surface area contributed by atoms with Crippen LogP contribution in [0.4, 0.5) is 0 Å². The van der Waals surface area contributed by atoms with Gasteiger partial charge in [0.2, 0.25) is 5.91 Å². The van der Waals surface area contributed by atoms with E-state index in [2.05, 4.69) is 26.2 Å². The van der Waals surface area contributed by atoms with Crippen molar-refractivity contribution in [3.05, 3.63) is 28.0 Å². The molecule has 0 spiro atoms. The summed E-state index contributed by atoms with van der Waals surface area (Å²) < 4.78 is 6.02. The number of likely N-dealkylation sites (N-methyl/N-ethyl adjacent to an activating group) is 1. The van der Waals surface area contributed by atoms with Crippen LogP contribution in [0.5, 0.6) is 0 Å². The topological polar surface area (TPSA) is 71.5 Å². The molecule has 1 atom stereocenters. The summed E-state index contributed by atoms with van der Waals surface area (Å²) >= 11 is 3.39. The summed E-state index contributed by atoms with van der Waals surface area (Å²) in [6.07, 6.45) is 4.55. The normalized spacial score (nSPS) is 21.0. The molecule has 1 aromatic rings. The molecule has 1 unspecified atom stereocenters. The first-order valence-corrected chi connectivity index (χ1v) is 7.90. The zero-order chi connectivity index (χ0) is 16.3. The zero-order valence-corrected chi connectivity index (χ0v) is 14.6. The standard InChI is InChI=1S/C15H20BrN3O3/c1-10-11(7-18-8-12(10)16)13(20)19-6-4-5-15(19,9-22-3)14(21)17-2/h7-8H,4-6,9H2,1-3H3,(H,17,21). The lowest BCUT2D eigenvalue weighted by molar-refractivity contribution is -0.133. The van der Waals surface area contributed by atoms with E-state index in [4.69, 9.17) is 4.74 Å². The van der Waals surface area contributed by atoms with Gasteiger partial charge in [0.1, 0.15) is 5.54 Å². The van der Waals surface area contributed by atoms with Gasteiger partial charge in [0, 0.05) is 37.6 Å². The third-order valence-electron chi connectivity index (χ3n) is 4.15. The molecule has 2 amide bonds. The van der Waals surface area contributed by atoms with Crippen molar-refractivity contribution in [1.29, 1.82) is 0 Å². The summed E-state index contributed by atoms with van der Waals surface area (Å²) in [6, 6.07) is 0. The SMILES string of the molecule is CNC(=O)C1(COC)CCCN1C(=O)c1cncc(Br)c1C. The van der Waals surface area contributed by atoms with E-state index in [1.54, 1.807) is 24.3 Å². The van der Waals surface area contributed by atoms with Crippen LogP contribution in [-0.4, -0.2) is 54.5 Å². The van der Waals surface area contributed by atoms with E-state index >= 15 is 0 Å². The molecular formula is C15H20BrN3O3. The minimum atomic E-state index is -0.949. The highest BCUT2D eigenvalue weighted by molar-refractivity contribution is 9.10. The first kappa shape index (κ1) is 16.9. The summed E-state index contributed by atoms with van der Waals surface area (Å²) in [5.74, 6) is -0.384. The number of carbonyl (C=O) groups excluding carboxylic acids is 2. The minimum Gasteiger partial charge on any atom is -0.382 e. The number of carbonyl (C=O) groups is 2. The Morgan fingerprint density at radius 1 is 1.50 bits per heavy atom. The number of rotatable bonds is 4. The fourth-order valence-electron chi connectivity index (χ4n) is 2.96. The van der Waals surface area contributed by atoms with Crippen molar-refractivity contribution in [1.82, 2.24) is 15.2 Å². The van der Waals surface area contributed by atoms with E-state index in [0.29, 0.717) is 18.5 Å². The van der Waals surface area contributed by atoms with E-state index < -0.39 is 5.54 Å². The quantitative estimate of drug-likeness (QED) is 0.873. The second-order valence-corrected chi connectivity index (χ2v) is 6.25. The summed E-state index contributed by atoms with van der Waals surface area (Å²) in [7, 11) is 3.12. The van der Waals surface area contributed by atoms with Gasteiger partial charge in [0.15, 0.2) is 0 Å². The van der Waals surface area contributed by atoms with Gasteiger partial charge in [-0.05, 0) is 41.3 Å². The molecular weight excluding hydrogens is 350 g/mol. The maximum Gasteiger partial charge on any atom is 0.256 e. The van der Waals surface area contributed by atoms with Crippen LogP contribution in [0.15, 0.2) is 16.9 Å². The summed E-state index contributed by atoms with van der Waals surface area (Å²) in [6.45, 7) is 2.56. The van der Waals surface area contributed by atoms with Gasteiger partial charge in [0.05, 0.1) is 12.2 Å². The summed E-state index contributed by atoms with van der Waals surface area (Å²) in [4.78, 5) is 31.1. The van der Waals surface area contributed by atoms with Gasteiger partial charge in [-0.3, -0.25) is 14.6 Å². The number of aromatic nitrogens is 1. The van der Waals surface area contributed by atoms with Crippen molar-refractivity contribution >= 4 is 27.7 Å². The van der Waals surface area contributed by atoms with Gasteiger partial charge in [-0.2, -0.15) is 0 Å². The Kier molecular flexibility index (Phi) is 5.18. The molecule has 0 aliphatic carbocycles. The van der Waals surface area contributed by atoms with Crippen LogP contribution < -0.4 is 5.32 Å². The van der Waals surface area contributed by atoms with Gasteiger partial charge in [-0.25, -0.2) is 0 Å². The number of nitrogens with zero attached hydrogens (tertiary/aromatic N) is 2. The molecule has 0 saturated carbocycles. The number of likely N-dealkylation sites (tertiary alicyclic amines) is 1. The Morgan fingerprint density at radius 2 is 2.23 bits per heavy atom. The van der Waals surface area contributed by atoms with Gasteiger partial charge < -0.3 is 15.0 Å². The highest BCUT2D eigenvalue weighted by Gasteiger charge is 2.49. The molecule has 1 aliphatic heterocycles. The smallest absolute Gasteiger partial charge is 0.256 e. The van der Waals surface area contributed by atoms with E-state index in [1.807, 2.05) is 6.92 Å². The molecule has 120 valence electrons. The van der Waals surface area contributed by atoms with Crippen LogP contribution >= 0.6 is 15.9 Å². The van der Waals surface area contributed by atoms with Crippen molar-refractivity contribution < 1.29 is 14.3 Å². The molecule has 2 heterocycles. The second-order valence-electron chi connectivity index (χ2n) is 5.40. The highest BCUT2D eigenvalue weighted by Crippen LogP contribution is 2.32. The molecule has 0 aromatic carbocycles. The van der Waals surface area contributed by atoms with E-state index in [0.717, 1.165) is 16.5 Å². The summed E-state index contributed by atoms with van der Waals surface area (Å²) in [5, 5.41) is 2.66. The van der Waals surface area contributed by atoms with Crippen LogP contribution in [0.2, 0.25) is 0 Å². The average molecular weight is 370 g/mol. The Hall–Kier alpha value is -1.47. The Bertz CT molecular complexity index is 593. The number of pyridine rings is 1. The van der Waals surface area contributed by atoms with Gasteiger partial charge >= 0.3 is 0 Å². The number of hydrogen-bond donors (Lipinski definition) is 1. The zero-order valence-electron chi connectivity index (χ0n) is 13.0. The molecule has 22 heavy (non-hydrogen) atoms. The number of nitrogens with one attached hydrogen (secondary N) is 1. The van der Waals surface area contributed by atoms with Crippen LogP contribution in [-0.2, 0) is 9.53 Å². The van der Waals surface area contributed by atoms with E-state index in [9.17, 15) is 9.59 Å². The van der Waals surface area contributed by atoms with Crippen molar-refractivity contribution in [2.24, 2.45) is 0 Å². The fourth-order valence-corrected chi connectivity index (χ4v) is 3.29. The lowest BCUT2D eigenvalue weighted by Gasteiger charge is -2.36. The van der Waals surface area contributed by atoms with Crippen LogP contribution in [0.25, 0.3) is 0 Å². The second kappa shape index (κ2) is 6.75. The first-order valence-electron chi connectivity index (χ1n) is 7.11. The van der Waals surface area contributed by atoms with Crippen LogP contribution in [0.3, 0.4) is 0 Å². The number of ether oxygens (including phenoxy) is 1. The third kappa shape index (κ3) is 2.75. The van der Waals surface area contributed by atoms with Crippen LogP contribution in [0.1, 0.15) is 28.8 Å². The van der Waals surface area contributed by atoms with Crippen molar-refractivity contribution in [3.8, 4) is 0 Å². The summed E-state index contributed by atoms with van der Waals surface area (Å²) in [5.41, 5.74) is 0.366. The molecule has 6 nitrogen and oxygen atoms in total. The molecule has 1 aliphatic rings. The lowest BCUT2D eigenvalue weighted by atomic mass is 9.95. The van der Waals surface area contributed by atoms with Gasteiger partial charge in [-0.15, -0.1) is 0 Å². The van der Waals surface area contributed by atoms with Gasteiger partial charge in [-0.1, -0.05) is 0 Å². The number of hydrogen-bond acceptors (Lipinski definition) is 4. The molecule has 0 radical (unpaired) electrons. The maximum absolute atomic E-state index is 13.0. The number of amides is 2. The number of methoxy groups -OCH3 is 1. The predicted molar refractivity (Wildman–Crippen MR) is 85.6 cm³/mol. The molecule has 0 bridgehead atoms. The Labute approximate surface area is 138 Å². The Balaban J connectivity index is 2.42. The highest BCUT2D eigenvalue weighted by atomic mass is 79.9. The average Bonchev–Trinajstić information content (AvgIpc) is 2.93. The maximum atomic E-state index is 13.0. The van der Waals surface area contributed by atoms with Gasteiger partial charge in [0.25, 0.3) is 5.91 Å².